The summed E-state index contributed by atoms with van der Waals surface area (Å²) >= 11 is 0. The van der Waals surface area contributed by atoms with E-state index in [-0.39, 0.29) is 18.6 Å². The summed E-state index contributed by atoms with van der Waals surface area (Å²) in [5, 5.41) is 20.7. The second-order valence-corrected chi connectivity index (χ2v) is 14.6. The average Bonchev–Trinajstić information content (AvgIpc) is 3.88. The van der Waals surface area contributed by atoms with Crippen molar-refractivity contribution in [3.8, 4) is 5.75 Å². The molecule has 0 spiro atoms. The minimum absolute atomic E-state index is 0.106. The third-order valence-corrected chi connectivity index (χ3v) is 10.5. The molecule has 1 saturated heterocycles. The van der Waals surface area contributed by atoms with Crippen LogP contribution in [-0.4, -0.2) is 65.9 Å². The number of rotatable bonds is 23. The number of carbonyl (C=O) groups excluding carboxylic acids is 2. The largest absolute Gasteiger partial charge is 0.494 e. The Bertz CT molecular complexity index is 1920. The standard InChI is InChI=1S/C48H52O11/c49-42(30-20-6-4-2-1-3-5-7-21-31-55-38-28-18-11-19-29-38)58-43-41(57-47(53)44(43)59-46(52)40-33-54-32-39(40)45(50)51)34-56-48(35-22-12-8-13-23-35,36-24-14-9-15-25-36)37-26-16-10-17-27-37/h8-19,22-29,32-33,41,43-44,47,53H,1-7,20-21,30-31,34H2,(H,50,51)/t41-,43-,44+,47?/m1/s1. The fourth-order valence-electron chi connectivity index (χ4n) is 7.42. The zero-order valence-electron chi connectivity index (χ0n) is 33.1. The van der Waals surface area contributed by atoms with Gasteiger partial charge in [-0.3, -0.25) is 4.79 Å². The highest BCUT2D eigenvalue weighted by molar-refractivity contribution is 6.02. The first kappa shape index (κ1) is 42.8. The number of aliphatic hydroxyl groups is 1. The van der Waals surface area contributed by atoms with E-state index in [0.717, 1.165) is 92.9 Å². The average molecular weight is 805 g/mol. The number of para-hydroxylation sites is 1. The molecule has 59 heavy (non-hydrogen) atoms. The normalized spacial score (nSPS) is 17.6. The van der Waals surface area contributed by atoms with E-state index in [2.05, 4.69) is 0 Å². The second kappa shape index (κ2) is 21.9. The maximum Gasteiger partial charge on any atom is 0.342 e. The molecule has 6 rings (SSSR count). The highest BCUT2D eigenvalue weighted by Gasteiger charge is 2.51. The van der Waals surface area contributed by atoms with Gasteiger partial charge in [0.1, 0.15) is 41.1 Å². The van der Waals surface area contributed by atoms with Crippen molar-refractivity contribution in [1.29, 1.82) is 0 Å². The van der Waals surface area contributed by atoms with Gasteiger partial charge in [0.15, 0.2) is 18.5 Å². The number of aromatic carboxylic acids is 1. The minimum atomic E-state index is -1.72. The number of hydrogen-bond donors (Lipinski definition) is 2. The van der Waals surface area contributed by atoms with Crippen LogP contribution in [0.15, 0.2) is 138 Å². The molecule has 1 aliphatic rings. The lowest BCUT2D eigenvalue weighted by Gasteiger charge is -2.37. The molecule has 1 unspecified atom stereocenters. The van der Waals surface area contributed by atoms with Crippen LogP contribution < -0.4 is 4.74 Å². The Hall–Kier alpha value is -5.75. The van der Waals surface area contributed by atoms with Gasteiger partial charge < -0.3 is 38.3 Å². The van der Waals surface area contributed by atoms with Gasteiger partial charge in [-0.25, -0.2) is 9.59 Å². The number of furan rings is 1. The molecule has 0 bridgehead atoms. The van der Waals surface area contributed by atoms with E-state index in [9.17, 15) is 24.6 Å². The van der Waals surface area contributed by atoms with Crippen LogP contribution in [-0.2, 0) is 29.3 Å². The summed E-state index contributed by atoms with van der Waals surface area (Å²) < 4.78 is 35.2. The molecule has 2 heterocycles. The topological polar surface area (TPSA) is 151 Å². The van der Waals surface area contributed by atoms with Crippen LogP contribution in [0, 0.1) is 0 Å². The Morgan fingerprint density at radius 3 is 1.63 bits per heavy atom. The van der Waals surface area contributed by atoms with Crippen molar-refractivity contribution in [2.75, 3.05) is 13.2 Å². The number of carboxylic acid groups (broad SMARTS) is 1. The fraction of sp³-hybridized carbons (Fsp3) is 0.354. The van der Waals surface area contributed by atoms with E-state index in [4.69, 9.17) is 28.1 Å². The Morgan fingerprint density at radius 2 is 1.08 bits per heavy atom. The molecule has 4 atom stereocenters. The Balaban J connectivity index is 1.09. The van der Waals surface area contributed by atoms with Crippen LogP contribution in [0.1, 0.15) is 102 Å². The van der Waals surface area contributed by atoms with Gasteiger partial charge in [0, 0.05) is 6.42 Å². The molecule has 0 aliphatic carbocycles. The van der Waals surface area contributed by atoms with Crippen LogP contribution in [0.3, 0.4) is 0 Å². The lowest BCUT2D eigenvalue weighted by atomic mass is 9.80. The van der Waals surface area contributed by atoms with Gasteiger partial charge in [0.05, 0.1) is 13.2 Å². The van der Waals surface area contributed by atoms with Gasteiger partial charge in [0.25, 0.3) is 0 Å². The first-order chi connectivity index (χ1) is 28.9. The third-order valence-electron chi connectivity index (χ3n) is 10.5. The molecule has 11 nitrogen and oxygen atoms in total. The number of hydrogen-bond acceptors (Lipinski definition) is 10. The van der Waals surface area contributed by atoms with Gasteiger partial charge in [-0.1, -0.05) is 154 Å². The highest BCUT2D eigenvalue weighted by Crippen LogP contribution is 2.41. The highest BCUT2D eigenvalue weighted by atomic mass is 16.7. The summed E-state index contributed by atoms with van der Waals surface area (Å²) in [5.74, 6) is -2.13. The number of carbonyl (C=O) groups is 3. The van der Waals surface area contributed by atoms with Crippen LogP contribution in [0.2, 0.25) is 0 Å². The van der Waals surface area contributed by atoms with Crippen LogP contribution >= 0.6 is 0 Å². The van der Waals surface area contributed by atoms with Crippen molar-refractivity contribution < 1.29 is 52.7 Å². The van der Waals surface area contributed by atoms with Crippen LogP contribution in [0.4, 0.5) is 0 Å². The Kier molecular flexibility index (Phi) is 15.9. The fourth-order valence-corrected chi connectivity index (χ4v) is 7.42. The summed E-state index contributed by atoms with van der Waals surface area (Å²) in [4.78, 5) is 38.5. The predicted octanol–water partition coefficient (Wildman–Crippen LogP) is 9.12. The molecule has 5 aromatic rings. The number of unbranched alkanes of at least 4 members (excludes halogenated alkanes) is 8. The third kappa shape index (κ3) is 11.5. The lowest BCUT2D eigenvalue weighted by Crippen LogP contribution is -2.43. The van der Waals surface area contributed by atoms with Crippen molar-refractivity contribution in [2.24, 2.45) is 0 Å². The van der Waals surface area contributed by atoms with Gasteiger partial charge in [0.2, 0.25) is 0 Å². The van der Waals surface area contributed by atoms with Gasteiger partial charge in [-0.2, -0.15) is 0 Å². The van der Waals surface area contributed by atoms with Gasteiger partial charge in [-0.05, 0) is 41.7 Å². The monoisotopic (exact) mass is 804 g/mol. The molecule has 11 heteroatoms. The molecule has 1 fully saturated rings. The summed E-state index contributed by atoms with van der Waals surface area (Å²) in [6.07, 6.45) is 5.39. The van der Waals surface area contributed by atoms with Crippen LogP contribution in [0.25, 0.3) is 0 Å². The number of ether oxygens (including phenoxy) is 5. The Labute approximate surface area is 344 Å². The zero-order valence-corrected chi connectivity index (χ0v) is 33.1. The second-order valence-electron chi connectivity index (χ2n) is 14.6. The zero-order chi connectivity index (χ0) is 41.3. The first-order valence-electron chi connectivity index (χ1n) is 20.4. The molecule has 0 saturated carbocycles. The number of aliphatic hydroxyl groups excluding tert-OH is 1. The minimum Gasteiger partial charge on any atom is -0.494 e. The molecule has 2 N–H and O–H groups in total. The number of benzene rings is 4. The number of esters is 2. The van der Waals surface area contributed by atoms with E-state index in [0.29, 0.717) is 6.42 Å². The van der Waals surface area contributed by atoms with Crippen LogP contribution in [0.5, 0.6) is 5.75 Å². The summed E-state index contributed by atoms with van der Waals surface area (Å²) in [6, 6.07) is 38.8. The Morgan fingerprint density at radius 1 is 0.593 bits per heavy atom. The van der Waals surface area contributed by atoms with Gasteiger partial charge in [-0.15, -0.1) is 0 Å². The maximum absolute atomic E-state index is 13.4. The van der Waals surface area contributed by atoms with Crippen molar-refractivity contribution in [3.63, 3.8) is 0 Å². The lowest BCUT2D eigenvalue weighted by molar-refractivity contribution is -0.159. The van der Waals surface area contributed by atoms with Crippen molar-refractivity contribution in [1.82, 2.24) is 0 Å². The molecule has 1 aromatic heterocycles. The summed E-state index contributed by atoms with van der Waals surface area (Å²) in [7, 11) is 0. The van der Waals surface area contributed by atoms with E-state index < -0.39 is 53.7 Å². The molecular formula is C48H52O11. The SMILES string of the molecule is O=C(CCCCCCCCCCCOc1ccccc1)O[C@H]1[C@H](OC(=O)c2cocc2C(=O)O)C(O)O[C@@H]1COC(c1ccccc1)(c1ccccc1)c1ccccc1. The molecule has 4 aromatic carbocycles. The van der Waals surface area contributed by atoms with E-state index in [1.807, 2.05) is 121 Å². The maximum atomic E-state index is 13.4. The number of carboxylic acids is 1. The molecule has 0 amide bonds. The van der Waals surface area contributed by atoms with Gasteiger partial charge >= 0.3 is 17.9 Å². The molecule has 0 radical (unpaired) electrons. The smallest absolute Gasteiger partial charge is 0.342 e. The quantitative estimate of drug-likeness (QED) is 0.0370. The first-order valence-corrected chi connectivity index (χ1v) is 20.4. The van der Waals surface area contributed by atoms with E-state index in [1.165, 1.54) is 0 Å². The molecule has 310 valence electrons. The van der Waals surface area contributed by atoms with E-state index >= 15 is 0 Å². The summed E-state index contributed by atoms with van der Waals surface area (Å²) in [6.45, 7) is 0.517. The molecule has 1 aliphatic heterocycles. The predicted molar refractivity (Wildman–Crippen MR) is 219 cm³/mol. The molecular weight excluding hydrogens is 753 g/mol. The van der Waals surface area contributed by atoms with Crippen molar-refractivity contribution >= 4 is 17.9 Å². The summed E-state index contributed by atoms with van der Waals surface area (Å²) in [5.41, 5.74) is 0.531. The van der Waals surface area contributed by atoms with E-state index in [1.54, 1.807) is 0 Å². The van der Waals surface area contributed by atoms with Crippen molar-refractivity contribution in [2.45, 2.75) is 94.4 Å². The van der Waals surface area contributed by atoms with Crippen molar-refractivity contribution in [3.05, 3.63) is 162 Å².